The van der Waals surface area contributed by atoms with Crippen LogP contribution >= 0.6 is 23.2 Å². The average Bonchev–Trinajstić information content (AvgIpc) is 2.64. The third-order valence-electron chi connectivity index (χ3n) is 3.22. The molecule has 2 nitrogen and oxygen atoms in total. The van der Waals surface area contributed by atoms with E-state index in [9.17, 15) is 0 Å². The molecule has 0 amide bonds. The highest BCUT2D eigenvalue weighted by Crippen LogP contribution is 2.31. The van der Waals surface area contributed by atoms with Gasteiger partial charge in [-0.05, 0) is 31.0 Å². The number of rotatable bonds is 2. The highest BCUT2D eigenvalue weighted by atomic mass is 35.5. The van der Waals surface area contributed by atoms with Gasteiger partial charge < -0.3 is 5.73 Å². The fourth-order valence-electron chi connectivity index (χ4n) is 2.20. The first-order chi connectivity index (χ1) is 7.58. The molecule has 16 heavy (non-hydrogen) atoms. The first kappa shape index (κ1) is 12.2. The van der Waals surface area contributed by atoms with Crippen LogP contribution in [0.25, 0.3) is 0 Å². The molecule has 0 bridgehead atoms. The number of likely N-dealkylation sites (tertiary alicyclic amines) is 1. The summed E-state index contributed by atoms with van der Waals surface area (Å²) < 4.78 is 0. The van der Waals surface area contributed by atoms with Gasteiger partial charge in [0.15, 0.2) is 0 Å². The van der Waals surface area contributed by atoms with Crippen molar-refractivity contribution in [3.63, 3.8) is 0 Å². The fraction of sp³-hybridized carbons (Fsp3) is 0.500. The Morgan fingerprint density at radius 3 is 2.75 bits per heavy atom. The van der Waals surface area contributed by atoms with Crippen LogP contribution in [-0.4, -0.2) is 24.0 Å². The standard InChI is InChI=1S/C12H16Cl2N2/c1-8(16-5-4-10(15)7-16)11-3-2-9(13)6-12(11)14/h2-3,6,8,10H,4-5,7,15H2,1H3. The van der Waals surface area contributed by atoms with E-state index in [1.165, 1.54) is 0 Å². The smallest absolute Gasteiger partial charge is 0.0468 e. The number of hydrogen-bond acceptors (Lipinski definition) is 2. The third kappa shape index (κ3) is 2.51. The number of hydrogen-bond donors (Lipinski definition) is 1. The molecule has 2 atom stereocenters. The normalized spacial score (nSPS) is 23.6. The molecule has 1 heterocycles. The molecule has 1 aliphatic heterocycles. The van der Waals surface area contributed by atoms with Crippen molar-refractivity contribution in [1.29, 1.82) is 0 Å². The van der Waals surface area contributed by atoms with Gasteiger partial charge in [0.25, 0.3) is 0 Å². The zero-order valence-corrected chi connectivity index (χ0v) is 10.8. The summed E-state index contributed by atoms with van der Waals surface area (Å²) in [7, 11) is 0. The number of nitrogens with two attached hydrogens (primary N) is 1. The SMILES string of the molecule is CC(c1ccc(Cl)cc1Cl)N1CCC(N)C1. The summed E-state index contributed by atoms with van der Waals surface area (Å²) in [5, 5.41) is 1.42. The van der Waals surface area contributed by atoms with Crippen molar-refractivity contribution in [2.45, 2.75) is 25.4 Å². The molecule has 0 aliphatic carbocycles. The van der Waals surface area contributed by atoms with E-state index in [-0.39, 0.29) is 0 Å². The van der Waals surface area contributed by atoms with Crippen LogP contribution in [0.5, 0.6) is 0 Å². The predicted molar refractivity (Wildman–Crippen MR) is 69.0 cm³/mol. The lowest BCUT2D eigenvalue weighted by molar-refractivity contribution is 0.260. The zero-order chi connectivity index (χ0) is 11.7. The van der Waals surface area contributed by atoms with E-state index in [1.807, 2.05) is 12.1 Å². The lowest BCUT2D eigenvalue weighted by Gasteiger charge is -2.25. The summed E-state index contributed by atoms with van der Waals surface area (Å²) in [6.45, 7) is 4.15. The molecule has 1 aromatic carbocycles. The van der Waals surface area contributed by atoms with Gasteiger partial charge in [-0.1, -0.05) is 29.3 Å². The van der Waals surface area contributed by atoms with E-state index in [4.69, 9.17) is 28.9 Å². The quantitative estimate of drug-likeness (QED) is 0.884. The van der Waals surface area contributed by atoms with Crippen LogP contribution in [0, 0.1) is 0 Å². The van der Waals surface area contributed by atoms with Crippen molar-refractivity contribution in [1.82, 2.24) is 4.90 Å². The monoisotopic (exact) mass is 258 g/mol. The Bertz CT molecular complexity index is 381. The minimum Gasteiger partial charge on any atom is -0.326 e. The van der Waals surface area contributed by atoms with Crippen LogP contribution in [-0.2, 0) is 0 Å². The van der Waals surface area contributed by atoms with E-state index in [0.29, 0.717) is 17.1 Å². The van der Waals surface area contributed by atoms with Crippen molar-refractivity contribution in [2.75, 3.05) is 13.1 Å². The Hall–Kier alpha value is -0.280. The molecule has 0 aromatic heterocycles. The van der Waals surface area contributed by atoms with Gasteiger partial charge in [-0.25, -0.2) is 0 Å². The highest BCUT2D eigenvalue weighted by molar-refractivity contribution is 6.35. The summed E-state index contributed by atoms with van der Waals surface area (Å²) in [6, 6.07) is 6.28. The highest BCUT2D eigenvalue weighted by Gasteiger charge is 2.25. The van der Waals surface area contributed by atoms with Gasteiger partial charge in [-0.15, -0.1) is 0 Å². The first-order valence-electron chi connectivity index (χ1n) is 5.52. The molecular weight excluding hydrogens is 243 g/mol. The van der Waals surface area contributed by atoms with Gasteiger partial charge in [0.1, 0.15) is 0 Å². The molecular formula is C12H16Cl2N2. The van der Waals surface area contributed by atoms with Gasteiger partial charge >= 0.3 is 0 Å². The molecule has 1 aromatic rings. The number of benzene rings is 1. The van der Waals surface area contributed by atoms with Crippen molar-refractivity contribution in [2.24, 2.45) is 5.73 Å². The molecule has 88 valence electrons. The van der Waals surface area contributed by atoms with Crippen molar-refractivity contribution >= 4 is 23.2 Å². The lowest BCUT2D eigenvalue weighted by atomic mass is 10.1. The van der Waals surface area contributed by atoms with Crippen molar-refractivity contribution in [3.8, 4) is 0 Å². The van der Waals surface area contributed by atoms with Gasteiger partial charge in [-0.2, -0.15) is 0 Å². The lowest BCUT2D eigenvalue weighted by Crippen LogP contribution is -2.28. The molecule has 1 saturated heterocycles. The Kier molecular flexibility index (Phi) is 3.75. The maximum Gasteiger partial charge on any atom is 0.0468 e. The summed E-state index contributed by atoms with van der Waals surface area (Å²) in [5.41, 5.74) is 7.03. The molecule has 0 saturated carbocycles. The fourth-order valence-corrected chi connectivity index (χ4v) is 2.77. The predicted octanol–water partition coefficient (Wildman–Crippen LogP) is 3.09. The van der Waals surface area contributed by atoms with Gasteiger partial charge in [0.2, 0.25) is 0 Å². The first-order valence-corrected chi connectivity index (χ1v) is 6.28. The van der Waals surface area contributed by atoms with E-state index in [0.717, 1.165) is 30.1 Å². The second kappa shape index (κ2) is 4.92. The average molecular weight is 259 g/mol. The molecule has 2 N–H and O–H groups in total. The van der Waals surface area contributed by atoms with Gasteiger partial charge in [0.05, 0.1) is 0 Å². The van der Waals surface area contributed by atoms with Crippen molar-refractivity contribution in [3.05, 3.63) is 33.8 Å². The second-order valence-corrected chi connectivity index (χ2v) is 5.23. The minimum absolute atomic E-state index is 0.300. The van der Waals surface area contributed by atoms with E-state index < -0.39 is 0 Å². The van der Waals surface area contributed by atoms with E-state index in [1.54, 1.807) is 6.07 Å². The molecule has 0 spiro atoms. The Morgan fingerprint density at radius 1 is 1.44 bits per heavy atom. The van der Waals surface area contributed by atoms with Crippen LogP contribution in [0.15, 0.2) is 18.2 Å². The summed E-state index contributed by atoms with van der Waals surface area (Å²) in [5.74, 6) is 0. The van der Waals surface area contributed by atoms with Gasteiger partial charge in [0, 0.05) is 35.2 Å². The third-order valence-corrected chi connectivity index (χ3v) is 3.78. The maximum absolute atomic E-state index is 6.20. The maximum atomic E-state index is 6.20. The topological polar surface area (TPSA) is 29.3 Å². The summed E-state index contributed by atoms with van der Waals surface area (Å²) >= 11 is 12.1. The van der Waals surface area contributed by atoms with E-state index in [2.05, 4.69) is 11.8 Å². The van der Waals surface area contributed by atoms with Crippen LogP contribution in [0.2, 0.25) is 10.0 Å². The Balaban J connectivity index is 2.17. The van der Waals surface area contributed by atoms with Gasteiger partial charge in [-0.3, -0.25) is 4.90 Å². The molecule has 1 aliphatic rings. The number of halogens is 2. The number of nitrogens with zero attached hydrogens (tertiary/aromatic N) is 1. The molecule has 4 heteroatoms. The summed E-state index contributed by atoms with van der Waals surface area (Å²) in [4.78, 5) is 2.36. The largest absolute Gasteiger partial charge is 0.326 e. The Labute approximate surface area is 106 Å². The molecule has 2 rings (SSSR count). The minimum atomic E-state index is 0.300. The van der Waals surface area contributed by atoms with E-state index >= 15 is 0 Å². The second-order valence-electron chi connectivity index (χ2n) is 4.39. The molecule has 0 radical (unpaired) electrons. The zero-order valence-electron chi connectivity index (χ0n) is 9.29. The molecule has 2 unspecified atom stereocenters. The van der Waals surface area contributed by atoms with Crippen LogP contribution in [0.4, 0.5) is 0 Å². The molecule has 1 fully saturated rings. The van der Waals surface area contributed by atoms with Crippen LogP contribution in [0.1, 0.15) is 24.9 Å². The van der Waals surface area contributed by atoms with Crippen molar-refractivity contribution < 1.29 is 0 Å². The van der Waals surface area contributed by atoms with Crippen LogP contribution in [0.3, 0.4) is 0 Å². The summed E-state index contributed by atoms with van der Waals surface area (Å²) in [6.07, 6.45) is 1.07. The Morgan fingerprint density at radius 2 is 2.19 bits per heavy atom. The van der Waals surface area contributed by atoms with Crippen LogP contribution < -0.4 is 5.73 Å².